The average molecular weight is 290 g/mol. The molecule has 0 spiro atoms. The second kappa shape index (κ2) is 5.49. The minimum absolute atomic E-state index is 0.363. The Balaban J connectivity index is 1.86. The number of anilines is 1. The van der Waals surface area contributed by atoms with E-state index in [0.717, 1.165) is 28.7 Å². The van der Waals surface area contributed by atoms with Crippen LogP contribution in [0.25, 0.3) is 0 Å². The zero-order chi connectivity index (χ0) is 14.1. The van der Waals surface area contributed by atoms with E-state index < -0.39 is 0 Å². The Morgan fingerprint density at radius 2 is 2.05 bits per heavy atom. The first kappa shape index (κ1) is 13.5. The molecule has 1 unspecified atom stereocenters. The minimum Gasteiger partial charge on any atom is -0.375 e. The third-order valence-electron chi connectivity index (χ3n) is 3.87. The Kier molecular flexibility index (Phi) is 3.70. The van der Waals surface area contributed by atoms with Crippen LogP contribution in [0.3, 0.4) is 0 Å². The van der Waals surface area contributed by atoms with E-state index in [0.29, 0.717) is 6.04 Å². The van der Waals surface area contributed by atoms with Crippen molar-refractivity contribution >= 4 is 17.3 Å². The third kappa shape index (κ3) is 2.83. The van der Waals surface area contributed by atoms with Gasteiger partial charge in [0.1, 0.15) is 0 Å². The molecule has 0 saturated heterocycles. The lowest BCUT2D eigenvalue weighted by molar-refractivity contribution is 0.678. The molecule has 4 heteroatoms. The Labute approximate surface area is 124 Å². The van der Waals surface area contributed by atoms with E-state index in [1.165, 1.54) is 18.4 Å². The maximum atomic E-state index is 5.99. The lowest BCUT2D eigenvalue weighted by Gasteiger charge is -2.20. The van der Waals surface area contributed by atoms with Crippen molar-refractivity contribution in [3.8, 4) is 0 Å². The number of aryl methyl sites for hydroxylation is 2. The van der Waals surface area contributed by atoms with Crippen LogP contribution in [0.2, 0.25) is 5.02 Å². The zero-order valence-corrected chi connectivity index (χ0v) is 12.7. The maximum absolute atomic E-state index is 5.99. The van der Waals surface area contributed by atoms with Gasteiger partial charge in [-0.3, -0.25) is 4.68 Å². The summed E-state index contributed by atoms with van der Waals surface area (Å²) in [6, 6.07) is 8.55. The Hall–Kier alpha value is -1.48. The normalized spacial score (nSPS) is 16.1. The van der Waals surface area contributed by atoms with E-state index in [-0.39, 0.29) is 0 Å². The van der Waals surface area contributed by atoms with Gasteiger partial charge in [-0.05, 0) is 42.9 Å². The Morgan fingerprint density at radius 3 is 2.65 bits per heavy atom. The number of rotatable bonds is 5. The predicted octanol–water partition coefficient (Wildman–Crippen LogP) is 4.20. The summed E-state index contributed by atoms with van der Waals surface area (Å²) in [7, 11) is 1.97. The number of nitrogens with zero attached hydrogens (tertiary/aromatic N) is 2. The lowest BCUT2D eigenvalue weighted by Crippen LogP contribution is -2.13. The summed E-state index contributed by atoms with van der Waals surface area (Å²) in [6.07, 6.45) is 5.61. The molecule has 1 aliphatic carbocycles. The predicted molar refractivity (Wildman–Crippen MR) is 83.1 cm³/mol. The molecule has 106 valence electrons. The number of hydrogen-bond acceptors (Lipinski definition) is 2. The fourth-order valence-electron chi connectivity index (χ4n) is 2.66. The van der Waals surface area contributed by atoms with Crippen LogP contribution in [0, 0.1) is 5.92 Å². The van der Waals surface area contributed by atoms with Crippen molar-refractivity contribution in [2.75, 3.05) is 5.32 Å². The molecular formula is C16H20ClN3. The highest BCUT2D eigenvalue weighted by atomic mass is 35.5. The van der Waals surface area contributed by atoms with Gasteiger partial charge >= 0.3 is 0 Å². The zero-order valence-electron chi connectivity index (χ0n) is 11.9. The first-order valence-electron chi connectivity index (χ1n) is 7.22. The van der Waals surface area contributed by atoms with Crippen LogP contribution in [0.1, 0.15) is 37.1 Å². The average Bonchev–Trinajstić information content (AvgIpc) is 3.21. The van der Waals surface area contributed by atoms with Crippen LogP contribution in [0.15, 0.2) is 30.5 Å². The van der Waals surface area contributed by atoms with Crippen LogP contribution >= 0.6 is 11.6 Å². The molecule has 1 saturated carbocycles. The smallest absolute Gasteiger partial charge is 0.0853 e. The van der Waals surface area contributed by atoms with Gasteiger partial charge in [0.2, 0.25) is 0 Å². The van der Waals surface area contributed by atoms with Crippen molar-refractivity contribution in [2.24, 2.45) is 13.0 Å². The number of aromatic nitrogens is 2. The van der Waals surface area contributed by atoms with Crippen molar-refractivity contribution in [1.82, 2.24) is 9.78 Å². The standard InChI is InChI=1S/C16H20ClN3/c1-3-14-15(10-20(2)19-14)18-16(11-4-5-11)12-6-8-13(17)9-7-12/h6-11,16,18H,3-5H2,1-2H3. The number of halogens is 1. The third-order valence-corrected chi connectivity index (χ3v) is 4.13. The summed E-state index contributed by atoms with van der Waals surface area (Å²) < 4.78 is 1.88. The topological polar surface area (TPSA) is 29.9 Å². The van der Waals surface area contributed by atoms with Crippen LogP contribution in [-0.4, -0.2) is 9.78 Å². The van der Waals surface area contributed by atoms with Gasteiger partial charge in [0.05, 0.1) is 17.4 Å². The molecule has 0 amide bonds. The first-order chi connectivity index (χ1) is 9.67. The first-order valence-corrected chi connectivity index (χ1v) is 7.59. The molecule has 1 atom stereocenters. The van der Waals surface area contributed by atoms with Gasteiger partial charge in [-0.2, -0.15) is 5.10 Å². The van der Waals surface area contributed by atoms with Crippen LogP contribution in [-0.2, 0) is 13.5 Å². The SMILES string of the molecule is CCc1nn(C)cc1NC(c1ccc(Cl)cc1)C1CC1. The van der Waals surface area contributed by atoms with Gasteiger partial charge in [0.25, 0.3) is 0 Å². The van der Waals surface area contributed by atoms with E-state index in [9.17, 15) is 0 Å². The number of benzene rings is 1. The van der Waals surface area contributed by atoms with Crippen LogP contribution in [0.5, 0.6) is 0 Å². The van der Waals surface area contributed by atoms with Crippen molar-refractivity contribution < 1.29 is 0 Å². The molecular weight excluding hydrogens is 270 g/mol. The van der Waals surface area contributed by atoms with Crippen LogP contribution < -0.4 is 5.32 Å². The molecule has 1 N–H and O–H groups in total. The molecule has 2 aromatic rings. The quantitative estimate of drug-likeness (QED) is 0.894. The van der Waals surface area contributed by atoms with Gasteiger partial charge in [-0.15, -0.1) is 0 Å². The van der Waals surface area contributed by atoms with E-state index in [4.69, 9.17) is 11.6 Å². The number of hydrogen-bond donors (Lipinski definition) is 1. The Morgan fingerprint density at radius 1 is 1.35 bits per heavy atom. The minimum atomic E-state index is 0.363. The van der Waals surface area contributed by atoms with Crippen LogP contribution in [0.4, 0.5) is 5.69 Å². The van der Waals surface area contributed by atoms with Crippen molar-refractivity contribution in [1.29, 1.82) is 0 Å². The molecule has 3 nitrogen and oxygen atoms in total. The summed E-state index contributed by atoms with van der Waals surface area (Å²) in [5, 5.41) is 8.98. The van der Waals surface area contributed by atoms with E-state index >= 15 is 0 Å². The monoisotopic (exact) mass is 289 g/mol. The molecule has 3 rings (SSSR count). The molecule has 0 radical (unpaired) electrons. The summed E-state index contributed by atoms with van der Waals surface area (Å²) in [5.41, 5.74) is 3.59. The van der Waals surface area contributed by atoms with Gasteiger partial charge in [-0.1, -0.05) is 30.7 Å². The lowest BCUT2D eigenvalue weighted by atomic mass is 10.0. The van der Waals surface area contributed by atoms with Gasteiger partial charge in [0, 0.05) is 18.3 Å². The van der Waals surface area contributed by atoms with E-state index in [1.54, 1.807) is 0 Å². The molecule has 0 aliphatic heterocycles. The van der Waals surface area contributed by atoms with Gasteiger partial charge < -0.3 is 5.32 Å². The molecule has 1 aromatic heterocycles. The summed E-state index contributed by atoms with van der Waals surface area (Å²) in [6.45, 7) is 2.14. The highest BCUT2D eigenvalue weighted by Gasteiger charge is 2.32. The molecule has 1 heterocycles. The largest absolute Gasteiger partial charge is 0.375 e. The molecule has 1 aliphatic rings. The molecule has 1 aromatic carbocycles. The van der Waals surface area contributed by atoms with E-state index in [1.807, 2.05) is 23.9 Å². The van der Waals surface area contributed by atoms with Crippen molar-refractivity contribution in [2.45, 2.75) is 32.2 Å². The molecule has 1 fully saturated rings. The second-order valence-corrected chi connectivity index (χ2v) is 5.96. The highest BCUT2D eigenvalue weighted by Crippen LogP contribution is 2.43. The van der Waals surface area contributed by atoms with E-state index in [2.05, 4.69) is 35.7 Å². The van der Waals surface area contributed by atoms with Gasteiger partial charge in [-0.25, -0.2) is 0 Å². The second-order valence-electron chi connectivity index (χ2n) is 5.53. The van der Waals surface area contributed by atoms with Crippen molar-refractivity contribution in [3.63, 3.8) is 0 Å². The summed E-state index contributed by atoms with van der Waals surface area (Å²) in [4.78, 5) is 0. The number of nitrogens with one attached hydrogen (secondary N) is 1. The summed E-state index contributed by atoms with van der Waals surface area (Å²) >= 11 is 5.99. The fourth-order valence-corrected chi connectivity index (χ4v) is 2.78. The van der Waals surface area contributed by atoms with Crippen molar-refractivity contribution in [3.05, 3.63) is 46.7 Å². The maximum Gasteiger partial charge on any atom is 0.0853 e. The highest BCUT2D eigenvalue weighted by molar-refractivity contribution is 6.30. The van der Waals surface area contributed by atoms with Gasteiger partial charge in [0.15, 0.2) is 0 Å². The molecule has 20 heavy (non-hydrogen) atoms. The molecule has 0 bridgehead atoms. The fraction of sp³-hybridized carbons (Fsp3) is 0.438. The Bertz CT molecular complexity index is 584. The summed E-state index contributed by atoms with van der Waals surface area (Å²) in [5.74, 6) is 0.723.